The number of nitrogens with one attached hydrogen (secondary N) is 1. The first kappa shape index (κ1) is 12.4. The van der Waals surface area contributed by atoms with Crippen LogP contribution in [0.25, 0.3) is 11.4 Å². The first-order chi connectivity index (χ1) is 9.02. The van der Waals surface area contributed by atoms with E-state index in [1.165, 1.54) is 12.1 Å². The van der Waals surface area contributed by atoms with Crippen molar-refractivity contribution in [2.45, 2.75) is 6.92 Å². The standard InChI is InChI=1S/C12H8N4O3/c1-7-2-3-9(16(18)19)4-10(7)11-14-6-8(5-13)12(17)15-11/h2-4,6H,1H3,(H,14,15,17). The number of nitriles is 1. The first-order valence-electron chi connectivity index (χ1n) is 5.28. The molecular weight excluding hydrogens is 248 g/mol. The number of non-ortho nitro benzene ring substituents is 1. The van der Waals surface area contributed by atoms with E-state index in [0.717, 1.165) is 11.8 Å². The van der Waals surface area contributed by atoms with Crippen LogP contribution in [0.5, 0.6) is 0 Å². The molecule has 0 fully saturated rings. The second kappa shape index (κ2) is 4.70. The number of hydrogen-bond acceptors (Lipinski definition) is 5. The highest BCUT2D eigenvalue weighted by Crippen LogP contribution is 2.24. The highest BCUT2D eigenvalue weighted by molar-refractivity contribution is 5.63. The Balaban J connectivity index is 2.62. The van der Waals surface area contributed by atoms with Crippen molar-refractivity contribution >= 4 is 5.69 Å². The minimum Gasteiger partial charge on any atom is -0.305 e. The molecule has 1 heterocycles. The minimum absolute atomic E-state index is 0.0902. The van der Waals surface area contributed by atoms with Crippen LogP contribution in [0.4, 0.5) is 5.69 Å². The Hall–Kier alpha value is -3.01. The van der Waals surface area contributed by atoms with Gasteiger partial charge in [-0.2, -0.15) is 5.26 Å². The molecule has 0 spiro atoms. The van der Waals surface area contributed by atoms with E-state index in [-0.39, 0.29) is 17.1 Å². The van der Waals surface area contributed by atoms with Crippen LogP contribution in [-0.2, 0) is 0 Å². The number of aromatic amines is 1. The highest BCUT2D eigenvalue weighted by atomic mass is 16.6. The molecule has 7 heteroatoms. The Bertz CT molecular complexity index is 758. The molecule has 7 nitrogen and oxygen atoms in total. The molecule has 0 radical (unpaired) electrons. The van der Waals surface area contributed by atoms with E-state index >= 15 is 0 Å². The normalized spacial score (nSPS) is 9.89. The zero-order chi connectivity index (χ0) is 14.0. The minimum atomic E-state index is -0.571. The maximum absolute atomic E-state index is 11.5. The lowest BCUT2D eigenvalue weighted by molar-refractivity contribution is -0.384. The zero-order valence-corrected chi connectivity index (χ0v) is 9.88. The molecule has 0 atom stereocenters. The highest BCUT2D eigenvalue weighted by Gasteiger charge is 2.12. The van der Waals surface area contributed by atoms with Gasteiger partial charge in [-0.1, -0.05) is 6.07 Å². The molecule has 2 rings (SSSR count). The van der Waals surface area contributed by atoms with Crippen LogP contribution < -0.4 is 5.56 Å². The summed E-state index contributed by atoms with van der Waals surface area (Å²) in [5.74, 6) is 0.199. The fourth-order valence-electron chi connectivity index (χ4n) is 1.59. The third kappa shape index (κ3) is 2.32. The van der Waals surface area contributed by atoms with Crippen LogP contribution in [0.1, 0.15) is 11.1 Å². The molecule has 19 heavy (non-hydrogen) atoms. The topological polar surface area (TPSA) is 113 Å². The summed E-state index contributed by atoms with van der Waals surface area (Å²) in [6.07, 6.45) is 1.15. The van der Waals surface area contributed by atoms with Crippen LogP contribution in [0.15, 0.2) is 29.2 Å². The summed E-state index contributed by atoms with van der Waals surface area (Å²) in [5, 5.41) is 19.4. The van der Waals surface area contributed by atoms with Gasteiger partial charge >= 0.3 is 0 Å². The van der Waals surface area contributed by atoms with Crippen LogP contribution >= 0.6 is 0 Å². The van der Waals surface area contributed by atoms with Gasteiger partial charge in [0.25, 0.3) is 11.2 Å². The van der Waals surface area contributed by atoms with Crippen molar-refractivity contribution in [1.82, 2.24) is 9.97 Å². The van der Waals surface area contributed by atoms with E-state index in [4.69, 9.17) is 5.26 Å². The molecule has 0 aliphatic carbocycles. The van der Waals surface area contributed by atoms with Gasteiger partial charge < -0.3 is 4.98 Å². The van der Waals surface area contributed by atoms with Crippen LogP contribution in [0.2, 0.25) is 0 Å². The van der Waals surface area contributed by atoms with Crippen LogP contribution in [0.3, 0.4) is 0 Å². The van der Waals surface area contributed by atoms with Crippen molar-refractivity contribution in [1.29, 1.82) is 5.26 Å². The molecule has 0 aliphatic rings. The summed E-state index contributed by atoms with van der Waals surface area (Å²) in [6.45, 7) is 1.75. The Labute approximate surface area is 107 Å². The molecule has 1 aromatic carbocycles. The Morgan fingerprint density at radius 2 is 2.21 bits per heavy atom. The van der Waals surface area contributed by atoms with E-state index in [2.05, 4.69) is 9.97 Å². The summed E-state index contributed by atoms with van der Waals surface area (Å²) in [4.78, 5) is 28.1. The van der Waals surface area contributed by atoms with Crippen LogP contribution in [-0.4, -0.2) is 14.9 Å². The van der Waals surface area contributed by atoms with Crippen LogP contribution in [0, 0.1) is 28.4 Å². The lowest BCUT2D eigenvalue weighted by Crippen LogP contribution is -2.12. The molecule has 1 aromatic heterocycles. The van der Waals surface area contributed by atoms with Crippen molar-refractivity contribution in [2.75, 3.05) is 0 Å². The fraction of sp³-hybridized carbons (Fsp3) is 0.0833. The molecule has 0 saturated heterocycles. The average Bonchev–Trinajstić information content (AvgIpc) is 2.38. The molecule has 0 saturated carbocycles. The van der Waals surface area contributed by atoms with Gasteiger partial charge in [0.1, 0.15) is 17.5 Å². The number of nitro groups is 1. The second-order valence-corrected chi connectivity index (χ2v) is 3.84. The smallest absolute Gasteiger partial charge is 0.270 e. The van der Waals surface area contributed by atoms with E-state index < -0.39 is 10.5 Å². The largest absolute Gasteiger partial charge is 0.305 e. The maximum atomic E-state index is 11.5. The first-order valence-corrected chi connectivity index (χ1v) is 5.28. The van der Waals surface area contributed by atoms with E-state index in [0.29, 0.717) is 5.56 Å². The molecule has 0 amide bonds. The summed E-state index contributed by atoms with van der Waals surface area (Å²) < 4.78 is 0. The molecule has 0 bridgehead atoms. The van der Waals surface area contributed by atoms with Gasteiger partial charge in [-0.3, -0.25) is 14.9 Å². The lowest BCUT2D eigenvalue weighted by atomic mass is 10.1. The number of aryl methyl sites for hydroxylation is 1. The Morgan fingerprint density at radius 3 is 2.79 bits per heavy atom. The number of nitro benzene ring substituents is 1. The molecule has 94 valence electrons. The monoisotopic (exact) mass is 256 g/mol. The fourth-order valence-corrected chi connectivity index (χ4v) is 1.59. The third-order valence-corrected chi connectivity index (χ3v) is 2.61. The SMILES string of the molecule is Cc1ccc([N+](=O)[O-])cc1-c1ncc(C#N)c(=O)[nH]1. The quantitative estimate of drug-likeness (QED) is 0.646. The van der Waals surface area contributed by atoms with Gasteiger partial charge in [-0.15, -0.1) is 0 Å². The number of hydrogen-bond donors (Lipinski definition) is 1. The Kier molecular flexibility index (Phi) is 3.08. The number of aromatic nitrogens is 2. The molecule has 0 unspecified atom stereocenters. The number of nitrogens with zero attached hydrogens (tertiary/aromatic N) is 3. The van der Waals surface area contributed by atoms with Gasteiger partial charge in [-0.25, -0.2) is 4.98 Å². The predicted octanol–water partition coefficient (Wildman–Crippen LogP) is 1.53. The van der Waals surface area contributed by atoms with E-state index in [9.17, 15) is 14.9 Å². The van der Waals surface area contributed by atoms with Gasteiger partial charge in [0.05, 0.1) is 11.1 Å². The zero-order valence-electron chi connectivity index (χ0n) is 9.88. The summed E-state index contributed by atoms with van der Waals surface area (Å²) >= 11 is 0. The molecule has 1 N–H and O–H groups in total. The molecule has 2 aromatic rings. The van der Waals surface area contributed by atoms with Gasteiger partial charge in [-0.05, 0) is 12.5 Å². The summed E-state index contributed by atoms with van der Waals surface area (Å²) in [7, 11) is 0. The van der Waals surface area contributed by atoms with E-state index in [1.807, 2.05) is 0 Å². The number of H-pyrrole nitrogens is 1. The average molecular weight is 256 g/mol. The van der Waals surface area contributed by atoms with Gasteiger partial charge in [0.15, 0.2) is 0 Å². The van der Waals surface area contributed by atoms with E-state index in [1.54, 1.807) is 19.1 Å². The lowest BCUT2D eigenvalue weighted by Gasteiger charge is -2.04. The van der Waals surface area contributed by atoms with Crippen molar-refractivity contribution in [2.24, 2.45) is 0 Å². The van der Waals surface area contributed by atoms with Crippen molar-refractivity contribution in [3.05, 3.63) is 56.0 Å². The molecule has 0 aliphatic heterocycles. The number of rotatable bonds is 2. The second-order valence-electron chi connectivity index (χ2n) is 3.84. The summed E-state index contributed by atoms with van der Waals surface area (Å²) in [5.41, 5.74) is 0.423. The van der Waals surface area contributed by atoms with Gasteiger partial charge in [0.2, 0.25) is 0 Å². The predicted molar refractivity (Wildman–Crippen MR) is 66.4 cm³/mol. The van der Waals surface area contributed by atoms with Crippen molar-refractivity contribution in [3.63, 3.8) is 0 Å². The number of benzene rings is 1. The van der Waals surface area contributed by atoms with Gasteiger partial charge in [0, 0.05) is 17.7 Å². The van der Waals surface area contributed by atoms with Crippen molar-refractivity contribution in [3.8, 4) is 17.5 Å². The third-order valence-electron chi connectivity index (χ3n) is 2.61. The summed E-state index contributed by atoms with van der Waals surface area (Å²) in [6, 6.07) is 5.99. The Morgan fingerprint density at radius 1 is 1.47 bits per heavy atom. The maximum Gasteiger partial charge on any atom is 0.270 e. The molecular formula is C12H8N4O3. The van der Waals surface area contributed by atoms with Crippen molar-refractivity contribution < 1.29 is 4.92 Å².